The van der Waals surface area contributed by atoms with Gasteiger partial charge < -0.3 is 16.4 Å². The number of rotatable bonds is 5. The number of aliphatic imine (C=N–C) groups is 1. The molecule has 196 valence electrons. The first-order valence-electron chi connectivity index (χ1n) is 11.8. The number of amides is 3. The molecule has 3 amide bonds. The van der Waals surface area contributed by atoms with E-state index >= 15 is 4.39 Å². The highest BCUT2D eigenvalue weighted by atomic mass is 19.1. The number of carbonyl (C=O) groups excluding carboxylic acids is 2. The number of amidine groups is 1. The number of halogens is 1. The number of nitrogens with two attached hydrogens (primary N) is 1. The molecule has 0 fully saturated rings. The molecule has 1 aliphatic carbocycles. The lowest BCUT2D eigenvalue weighted by atomic mass is 9.92. The fourth-order valence-electron chi connectivity index (χ4n) is 3.86. The van der Waals surface area contributed by atoms with Crippen molar-refractivity contribution < 1.29 is 14.0 Å². The van der Waals surface area contributed by atoms with Gasteiger partial charge in [-0.25, -0.2) is 23.7 Å². The molecule has 11 heteroatoms. The summed E-state index contributed by atoms with van der Waals surface area (Å²) in [7, 11) is 0. The number of urea groups is 1. The van der Waals surface area contributed by atoms with Crippen molar-refractivity contribution in [3.05, 3.63) is 71.8 Å². The fraction of sp³-hybridized carbons (Fsp3) is 0.346. The van der Waals surface area contributed by atoms with Gasteiger partial charge >= 0.3 is 6.03 Å². The number of hydrogen-bond donors (Lipinski definition) is 4. The molecule has 2 aromatic heterocycles. The maximum atomic E-state index is 15.1. The van der Waals surface area contributed by atoms with Gasteiger partial charge in [0.2, 0.25) is 0 Å². The highest BCUT2D eigenvalue weighted by Crippen LogP contribution is 2.36. The van der Waals surface area contributed by atoms with E-state index in [1.54, 1.807) is 25.3 Å². The van der Waals surface area contributed by atoms with E-state index < -0.39 is 23.3 Å². The lowest BCUT2D eigenvalue weighted by molar-refractivity contribution is 0.0918. The lowest BCUT2D eigenvalue weighted by Gasteiger charge is -2.21. The number of fused-ring (bicyclic) bond motifs is 1. The van der Waals surface area contributed by atoms with Crippen molar-refractivity contribution in [1.29, 1.82) is 0 Å². The Kier molecular flexibility index (Phi) is 8.26. The first-order chi connectivity index (χ1) is 17.4. The Hall–Kier alpha value is -4.28. The number of nitrogens with one attached hydrogen (secondary N) is 3. The first-order valence-corrected chi connectivity index (χ1v) is 11.8. The fourth-order valence-corrected chi connectivity index (χ4v) is 3.86. The molecule has 2 aromatic rings. The molecular formula is C26H33FN8O2. The van der Waals surface area contributed by atoms with Crippen LogP contribution in [0.5, 0.6) is 0 Å². The number of nitrogen functional groups attached to an aromatic ring is 1. The summed E-state index contributed by atoms with van der Waals surface area (Å²) >= 11 is 0. The van der Waals surface area contributed by atoms with Gasteiger partial charge in [-0.2, -0.15) is 5.10 Å². The monoisotopic (exact) mass is 508 g/mol. The Bertz CT molecular complexity index is 1340. The number of anilines is 1. The summed E-state index contributed by atoms with van der Waals surface area (Å²) in [5, 5.41) is 12.4. The minimum atomic E-state index is -0.572. The Balaban J connectivity index is 1.93. The van der Waals surface area contributed by atoms with Crippen LogP contribution in [-0.2, 0) is 0 Å². The third-order valence-electron chi connectivity index (χ3n) is 5.53. The van der Waals surface area contributed by atoms with Crippen molar-refractivity contribution in [2.75, 3.05) is 5.73 Å². The molecule has 0 aliphatic heterocycles. The number of carbonyl (C=O) groups is 2. The molecule has 0 unspecified atom stereocenters. The highest BCUT2D eigenvalue weighted by Gasteiger charge is 2.28. The normalized spacial score (nSPS) is 17.0. The second kappa shape index (κ2) is 11.2. The van der Waals surface area contributed by atoms with E-state index in [1.165, 1.54) is 23.0 Å². The van der Waals surface area contributed by atoms with Crippen molar-refractivity contribution in [3.8, 4) is 0 Å². The maximum Gasteiger partial charge on any atom is 0.324 e. The summed E-state index contributed by atoms with van der Waals surface area (Å²) in [5.74, 6) is -0.911. The van der Waals surface area contributed by atoms with Crippen LogP contribution in [0, 0.1) is 0 Å². The van der Waals surface area contributed by atoms with Crippen LogP contribution in [0.1, 0.15) is 69.3 Å². The summed E-state index contributed by atoms with van der Waals surface area (Å²) in [5.41, 5.74) is 8.01. The van der Waals surface area contributed by atoms with E-state index in [2.05, 4.69) is 37.6 Å². The average molecular weight is 509 g/mol. The molecule has 0 saturated carbocycles. The molecule has 1 atom stereocenters. The van der Waals surface area contributed by atoms with Gasteiger partial charge in [-0.3, -0.25) is 10.1 Å². The van der Waals surface area contributed by atoms with Crippen molar-refractivity contribution in [2.24, 2.45) is 4.99 Å². The molecule has 5 N–H and O–H groups in total. The molecule has 0 bridgehead atoms. The summed E-state index contributed by atoms with van der Waals surface area (Å²) in [6.45, 7) is 12.9. The quantitative estimate of drug-likeness (QED) is 0.353. The molecule has 3 rings (SSSR count). The van der Waals surface area contributed by atoms with Crippen LogP contribution >= 0.6 is 0 Å². The summed E-state index contributed by atoms with van der Waals surface area (Å²) < 4.78 is 16.5. The predicted molar refractivity (Wildman–Crippen MR) is 143 cm³/mol. The van der Waals surface area contributed by atoms with Crippen LogP contribution in [0.4, 0.5) is 15.0 Å². The van der Waals surface area contributed by atoms with Crippen molar-refractivity contribution in [1.82, 2.24) is 30.5 Å². The van der Waals surface area contributed by atoms with Gasteiger partial charge in [0, 0.05) is 41.0 Å². The van der Waals surface area contributed by atoms with Gasteiger partial charge in [-0.05, 0) is 53.2 Å². The van der Waals surface area contributed by atoms with E-state index in [-0.39, 0.29) is 24.0 Å². The van der Waals surface area contributed by atoms with Gasteiger partial charge in [0.05, 0.1) is 5.56 Å². The van der Waals surface area contributed by atoms with Crippen LogP contribution in [-0.4, -0.2) is 37.9 Å². The Labute approximate surface area is 215 Å². The molecule has 10 nitrogen and oxygen atoms in total. The minimum Gasteiger partial charge on any atom is -0.382 e. The largest absolute Gasteiger partial charge is 0.382 e. The second-order valence-corrected chi connectivity index (χ2v) is 9.67. The van der Waals surface area contributed by atoms with Crippen LogP contribution in [0.3, 0.4) is 0 Å². The van der Waals surface area contributed by atoms with Gasteiger partial charge in [0.15, 0.2) is 5.82 Å². The molecule has 0 aromatic carbocycles. The zero-order chi connectivity index (χ0) is 27.3. The highest BCUT2D eigenvalue weighted by molar-refractivity contribution is 6.04. The van der Waals surface area contributed by atoms with Gasteiger partial charge in [0.1, 0.15) is 23.5 Å². The van der Waals surface area contributed by atoms with Gasteiger partial charge in [-0.15, -0.1) is 0 Å². The summed E-state index contributed by atoms with van der Waals surface area (Å²) in [6, 6.07) is -0.572. The number of aromatic nitrogens is 3. The maximum absolute atomic E-state index is 15.1. The minimum absolute atomic E-state index is 0.125. The first kappa shape index (κ1) is 27.3. The third kappa shape index (κ3) is 6.90. The molecule has 0 radical (unpaired) electrons. The van der Waals surface area contributed by atoms with Crippen molar-refractivity contribution in [2.45, 2.75) is 58.9 Å². The number of hydrogen-bond acceptors (Lipinski definition) is 6. The van der Waals surface area contributed by atoms with E-state index in [0.717, 1.165) is 0 Å². The van der Waals surface area contributed by atoms with Crippen LogP contribution < -0.4 is 21.7 Å². The van der Waals surface area contributed by atoms with Crippen molar-refractivity contribution in [3.63, 3.8) is 0 Å². The summed E-state index contributed by atoms with van der Waals surface area (Å²) in [4.78, 5) is 34.0. The second-order valence-electron chi connectivity index (χ2n) is 9.67. The Morgan fingerprint density at radius 3 is 2.73 bits per heavy atom. The molecule has 0 saturated heterocycles. The predicted octanol–water partition coefficient (Wildman–Crippen LogP) is 4.26. The van der Waals surface area contributed by atoms with E-state index in [0.29, 0.717) is 34.5 Å². The van der Waals surface area contributed by atoms with Crippen LogP contribution in [0.15, 0.2) is 65.6 Å². The smallest absolute Gasteiger partial charge is 0.324 e. The summed E-state index contributed by atoms with van der Waals surface area (Å²) in [6.07, 6.45) is 9.40. The standard InChI is InChI=1S/C26H33FN8O2/c1-7-15(3)31-20(8-2)33-25(37)32-18-10-9-16(11-17(27)12-18)21-19(24(36)34-26(4,5)6)13-35-22(21)23(28)29-14-30-35/h7-8,10-11,13-14,16H,2,9,12H2,1,3-6H3,(H,34,36)(H2,28,29,30)(H2,31,32,33,37)/b15-7-/t16-/m0/s1. The molecule has 37 heavy (non-hydrogen) atoms. The zero-order valence-electron chi connectivity index (χ0n) is 21.7. The van der Waals surface area contributed by atoms with E-state index in [1.807, 2.05) is 27.7 Å². The van der Waals surface area contributed by atoms with Gasteiger partial charge in [0.25, 0.3) is 5.91 Å². The average Bonchev–Trinajstić information content (AvgIpc) is 3.11. The Morgan fingerprint density at radius 1 is 1.35 bits per heavy atom. The number of allylic oxidation sites excluding steroid dienone is 5. The topological polar surface area (TPSA) is 139 Å². The SMILES string of the molecule is C=CC(=N/C(C)=C\C)NC(=O)NC1=CC[C@H](c2c(C(=O)NC(C)(C)C)cn3ncnc(N)c23)C=C(F)C1. The van der Waals surface area contributed by atoms with Crippen LogP contribution in [0.25, 0.3) is 5.52 Å². The van der Waals surface area contributed by atoms with Crippen LogP contribution in [0.2, 0.25) is 0 Å². The number of nitrogens with zero attached hydrogens (tertiary/aromatic N) is 4. The van der Waals surface area contributed by atoms with Crippen molar-refractivity contribution >= 4 is 29.1 Å². The van der Waals surface area contributed by atoms with E-state index in [4.69, 9.17) is 5.73 Å². The molecule has 1 aliphatic rings. The Morgan fingerprint density at radius 2 is 2.08 bits per heavy atom. The zero-order valence-corrected chi connectivity index (χ0v) is 21.7. The molecule has 2 heterocycles. The van der Waals surface area contributed by atoms with Gasteiger partial charge in [-0.1, -0.05) is 18.7 Å². The molecule has 0 spiro atoms. The molecular weight excluding hydrogens is 475 g/mol. The third-order valence-corrected chi connectivity index (χ3v) is 5.53. The lowest BCUT2D eigenvalue weighted by Crippen LogP contribution is -2.40. The van der Waals surface area contributed by atoms with E-state index in [9.17, 15) is 9.59 Å².